The average Bonchev–Trinajstić information content (AvgIpc) is 2.80. The fraction of sp³-hybridized carbons (Fsp3) is 0.667. The minimum Gasteiger partial charge on any atom is -0.460 e. The van der Waals surface area contributed by atoms with Gasteiger partial charge in [-0.2, -0.15) is 0 Å². The van der Waals surface area contributed by atoms with Crippen LogP contribution in [0.3, 0.4) is 0 Å². The predicted octanol–water partition coefficient (Wildman–Crippen LogP) is 2.66. The molecular weight excluding hydrogens is 436 g/mol. The Kier molecular flexibility index (Phi) is 10.7. The van der Waals surface area contributed by atoms with Gasteiger partial charge in [0.25, 0.3) is 0 Å². The Morgan fingerprint density at radius 2 is 1.97 bits per heavy atom. The lowest BCUT2D eigenvalue weighted by atomic mass is 9.76. The number of esters is 1. The zero-order valence-electron chi connectivity index (χ0n) is 21.1. The van der Waals surface area contributed by atoms with Crippen LogP contribution in [0, 0.1) is 5.92 Å². The van der Waals surface area contributed by atoms with E-state index in [2.05, 4.69) is 0 Å². The standard InChI is InChI=1S/C27H42O7/c1-6-18(16-28)10-17(2)11-22-14-21(33-5)15-24(30)27(3,4)20-9-7-8-19(12-20)13-23(29)25(31)26(32)34-22/h7-10,12,18,21-25,28-31H,6,11,13-16H2,1-5H3. The van der Waals surface area contributed by atoms with Gasteiger partial charge < -0.3 is 29.9 Å². The average molecular weight is 479 g/mol. The molecule has 0 fully saturated rings. The molecule has 0 aliphatic carbocycles. The number of fused-ring (bicyclic) bond motifs is 2. The van der Waals surface area contributed by atoms with E-state index in [0.29, 0.717) is 19.3 Å². The van der Waals surface area contributed by atoms with Gasteiger partial charge in [-0.25, -0.2) is 4.79 Å². The second-order valence-corrected chi connectivity index (χ2v) is 10.1. The highest BCUT2D eigenvalue weighted by atomic mass is 16.6. The highest BCUT2D eigenvalue weighted by Gasteiger charge is 2.35. The van der Waals surface area contributed by atoms with Crippen molar-refractivity contribution in [2.45, 2.75) is 95.7 Å². The van der Waals surface area contributed by atoms with Gasteiger partial charge in [0, 0.05) is 44.8 Å². The SMILES string of the molecule is CCC(C=C(C)CC1CC(OC)CC(O)C(C)(C)c2cccc(c2)CC(O)C(O)C(=O)O1)CO. The van der Waals surface area contributed by atoms with Crippen LogP contribution >= 0.6 is 0 Å². The van der Waals surface area contributed by atoms with Crippen molar-refractivity contribution in [1.82, 2.24) is 0 Å². The van der Waals surface area contributed by atoms with Crippen molar-refractivity contribution < 1.29 is 34.7 Å². The zero-order valence-corrected chi connectivity index (χ0v) is 21.1. The molecule has 1 aliphatic rings. The van der Waals surface area contributed by atoms with Crippen molar-refractivity contribution in [3.8, 4) is 0 Å². The number of cyclic esters (lactones) is 1. The lowest BCUT2D eigenvalue weighted by Crippen LogP contribution is -2.41. The van der Waals surface area contributed by atoms with Crippen molar-refractivity contribution >= 4 is 5.97 Å². The van der Waals surface area contributed by atoms with Gasteiger partial charge in [0.05, 0.1) is 18.3 Å². The van der Waals surface area contributed by atoms with Crippen molar-refractivity contribution in [3.63, 3.8) is 0 Å². The normalized spacial score (nSPS) is 29.7. The van der Waals surface area contributed by atoms with Crippen LogP contribution in [0.2, 0.25) is 0 Å². The third-order valence-electron chi connectivity index (χ3n) is 7.01. The van der Waals surface area contributed by atoms with E-state index in [1.807, 2.05) is 58.0 Å². The summed E-state index contributed by atoms with van der Waals surface area (Å²) in [5.41, 5.74) is 2.01. The topological polar surface area (TPSA) is 116 Å². The molecule has 1 aromatic rings. The summed E-state index contributed by atoms with van der Waals surface area (Å²) in [6, 6.07) is 7.48. The quantitative estimate of drug-likeness (QED) is 0.367. The van der Waals surface area contributed by atoms with Crippen LogP contribution in [0.5, 0.6) is 0 Å². The minimum atomic E-state index is -1.68. The third-order valence-corrected chi connectivity index (χ3v) is 7.01. The molecule has 1 heterocycles. The Balaban J connectivity index is 2.39. The molecule has 0 aromatic heterocycles. The Morgan fingerprint density at radius 3 is 2.59 bits per heavy atom. The van der Waals surface area contributed by atoms with E-state index in [-0.39, 0.29) is 18.9 Å². The maximum absolute atomic E-state index is 12.7. The monoisotopic (exact) mass is 478 g/mol. The Bertz CT molecular complexity index is 815. The maximum atomic E-state index is 12.7. The number of aliphatic hydroxyl groups excluding tert-OH is 4. The van der Waals surface area contributed by atoms with Gasteiger partial charge in [0.2, 0.25) is 0 Å². The van der Waals surface area contributed by atoms with Crippen LogP contribution in [0.4, 0.5) is 0 Å². The van der Waals surface area contributed by atoms with Gasteiger partial charge in [-0.1, -0.05) is 56.7 Å². The number of carbonyl (C=O) groups excluding carboxylic acids is 1. The van der Waals surface area contributed by atoms with Crippen LogP contribution in [0.15, 0.2) is 35.9 Å². The van der Waals surface area contributed by atoms with E-state index in [0.717, 1.165) is 23.1 Å². The lowest BCUT2D eigenvalue weighted by Gasteiger charge is -2.35. The Labute approximate surface area is 203 Å². The first-order valence-electron chi connectivity index (χ1n) is 12.2. The van der Waals surface area contributed by atoms with Gasteiger partial charge >= 0.3 is 5.97 Å². The van der Waals surface area contributed by atoms with E-state index >= 15 is 0 Å². The molecule has 192 valence electrons. The molecule has 6 unspecified atom stereocenters. The number of methoxy groups -OCH3 is 1. The number of ether oxygens (including phenoxy) is 2. The fourth-order valence-corrected chi connectivity index (χ4v) is 4.46. The third kappa shape index (κ3) is 7.62. The molecule has 0 saturated heterocycles. The Morgan fingerprint density at radius 1 is 1.26 bits per heavy atom. The molecule has 0 radical (unpaired) electrons. The zero-order chi connectivity index (χ0) is 25.5. The molecule has 0 spiro atoms. The maximum Gasteiger partial charge on any atom is 0.337 e. The number of carbonyl (C=O) groups is 1. The summed E-state index contributed by atoms with van der Waals surface area (Å²) in [4.78, 5) is 12.7. The molecule has 0 amide bonds. The predicted molar refractivity (Wildman–Crippen MR) is 130 cm³/mol. The fourth-order valence-electron chi connectivity index (χ4n) is 4.46. The minimum absolute atomic E-state index is 0.0106. The lowest BCUT2D eigenvalue weighted by molar-refractivity contribution is -0.167. The second kappa shape index (κ2) is 12.8. The largest absolute Gasteiger partial charge is 0.460 e. The van der Waals surface area contributed by atoms with Crippen molar-refractivity contribution in [1.29, 1.82) is 0 Å². The molecule has 4 N–H and O–H groups in total. The Hall–Kier alpha value is -1.77. The highest BCUT2D eigenvalue weighted by molar-refractivity contribution is 5.75. The summed E-state index contributed by atoms with van der Waals surface area (Å²) in [6.07, 6.45) is -0.870. The van der Waals surface area contributed by atoms with Crippen molar-refractivity contribution in [3.05, 3.63) is 47.0 Å². The summed E-state index contributed by atoms with van der Waals surface area (Å²) < 4.78 is 11.3. The van der Waals surface area contributed by atoms with E-state index in [1.165, 1.54) is 0 Å². The summed E-state index contributed by atoms with van der Waals surface area (Å²) in [5, 5.41) is 41.7. The first kappa shape index (κ1) is 28.5. The van der Waals surface area contributed by atoms with Gasteiger partial charge in [0.1, 0.15) is 6.10 Å². The molecule has 7 nitrogen and oxygen atoms in total. The van der Waals surface area contributed by atoms with Crippen LogP contribution in [0.1, 0.15) is 64.5 Å². The number of rotatable bonds is 6. The van der Waals surface area contributed by atoms with Crippen LogP contribution in [-0.4, -0.2) is 70.6 Å². The molecule has 0 saturated carbocycles. The number of aliphatic hydroxyl groups is 4. The van der Waals surface area contributed by atoms with Crippen LogP contribution in [-0.2, 0) is 26.1 Å². The molecule has 6 atom stereocenters. The van der Waals surface area contributed by atoms with E-state index in [1.54, 1.807) is 7.11 Å². The van der Waals surface area contributed by atoms with E-state index in [9.17, 15) is 25.2 Å². The molecule has 34 heavy (non-hydrogen) atoms. The van der Waals surface area contributed by atoms with Crippen molar-refractivity contribution in [2.24, 2.45) is 5.92 Å². The summed E-state index contributed by atoms with van der Waals surface area (Å²) >= 11 is 0. The summed E-state index contributed by atoms with van der Waals surface area (Å²) in [6.45, 7) is 7.86. The number of hydrogen-bond donors (Lipinski definition) is 4. The molecule has 2 bridgehead atoms. The molecular formula is C27H42O7. The summed E-state index contributed by atoms with van der Waals surface area (Å²) in [5.74, 6) is -0.875. The molecule has 1 aliphatic heterocycles. The van der Waals surface area contributed by atoms with Crippen LogP contribution in [0.25, 0.3) is 0 Å². The van der Waals surface area contributed by atoms with Gasteiger partial charge in [-0.05, 0) is 30.4 Å². The van der Waals surface area contributed by atoms with Gasteiger partial charge in [-0.3, -0.25) is 0 Å². The summed E-state index contributed by atoms with van der Waals surface area (Å²) in [7, 11) is 1.56. The number of hydrogen-bond acceptors (Lipinski definition) is 7. The van der Waals surface area contributed by atoms with Gasteiger partial charge in [0.15, 0.2) is 6.10 Å². The van der Waals surface area contributed by atoms with E-state index in [4.69, 9.17) is 9.47 Å². The molecule has 2 rings (SSSR count). The second-order valence-electron chi connectivity index (χ2n) is 10.1. The highest BCUT2D eigenvalue weighted by Crippen LogP contribution is 2.32. The van der Waals surface area contributed by atoms with Gasteiger partial charge in [-0.15, -0.1) is 0 Å². The van der Waals surface area contributed by atoms with E-state index < -0.39 is 41.9 Å². The first-order valence-corrected chi connectivity index (χ1v) is 12.2. The molecule has 7 heteroatoms. The first-order chi connectivity index (χ1) is 16.0. The van der Waals surface area contributed by atoms with Crippen molar-refractivity contribution in [2.75, 3.05) is 13.7 Å². The number of benzene rings is 1. The van der Waals surface area contributed by atoms with Crippen LogP contribution < -0.4 is 0 Å². The molecule has 1 aromatic carbocycles. The smallest absolute Gasteiger partial charge is 0.337 e.